The Morgan fingerprint density at radius 1 is 1.26 bits per heavy atom. The first kappa shape index (κ1) is 14.9. The van der Waals surface area contributed by atoms with E-state index in [1.807, 2.05) is 7.11 Å². The molecule has 1 unspecified atom stereocenters. The van der Waals surface area contributed by atoms with Crippen LogP contribution in [0.25, 0.3) is 0 Å². The van der Waals surface area contributed by atoms with Crippen molar-refractivity contribution in [3.05, 3.63) is 34.9 Å². The third-order valence-corrected chi connectivity index (χ3v) is 4.98. The van der Waals surface area contributed by atoms with E-state index in [2.05, 4.69) is 32.0 Å². The lowest BCUT2D eigenvalue weighted by atomic mass is 9.75. The third-order valence-electron chi connectivity index (χ3n) is 4.59. The lowest BCUT2D eigenvalue weighted by Gasteiger charge is -2.42. The van der Waals surface area contributed by atoms with Crippen LogP contribution in [0.4, 0.5) is 0 Å². The van der Waals surface area contributed by atoms with Gasteiger partial charge in [-0.1, -0.05) is 32.0 Å². The van der Waals surface area contributed by atoms with Crippen molar-refractivity contribution in [1.29, 1.82) is 0 Å². The number of hydrogen-bond acceptors (Lipinski definition) is 1. The summed E-state index contributed by atoms with van der Waals surface area (Å²) >= 11 is 6.71. The zero-order chi connectivity index (χ0) is 13.9. The van der Waals surface area contributed by atoms with Gasteiger partial charge in [0.1, 0.15) is 0 Å². The molecule has 1 aromatic rings. The van der Waals surface area contributed by atoms with Crippen LogP contribution >= 0.6 is 11.6 Å². The number of methoxy groups -OCH3 is 1. The predicted molar refractivity (Wildman–Crippen MR) is 82.0 cm³/mol. The Bertz CT molecular complexity index is 418. The van der Waals surface area contributed by atoms with Crippen LogP contribution in [-0.2, 0) is 17.6 Å². The van der Waals surface area contributed by atoms with E-state index in [1.165, 1.54) is 23.1 Å². The highest BCUT2D eigenvalue weighted by molar-refractivity contribution is 6.21. The maximum Gasteiger partial charge on any atom is 0.0696 e. The number of benzene rings is 1. The number of halogens is 1. The molecule has 106 valence electrons. The van der Waals surface area contributed by atoms with Gasteiger partial charge in [0, 0.05) is 7.11 Å². The van der Waals surface area contributed by atoms with E-state index in [0.29, 0.717) is 0 Å². The molecule has 1 saturated carbocycles. The van der Waals surface area contributed by atoms with Crippen LogP contribution in [-0.4, -0.2) is 12.7 Å². The molecule has 0 heterocycles. The molecule has 0 aliphatic heterocycles. The highest BCUT2D eigenvalue weighted by Gasteiger charge is 2.39. The molecule has 1 aromatic carbocycles. The first-order chi connectivity index (χ1) is 9.14. The van der Waals surface area contributed by atoms with Crippen LogP contribution in [0.1, 0.15) is 61.6 Å². The van der Waals surface area contributed by atoms with Crippen molar-refractivity contribution in [2.75, 3.05) is 7.11 Å². The van der Waals surface area contributed by atoms with E-state index >= 15 is 0 Å². The van der Waals surface area contributed by atoms with Gasteiger partial charge in [-0.15, -0.1) is 11.6 Å². The molecular weight excluding hydrogens is 256 g/mol. The maximum absolute atomic E-state index is 6.71. The normalized spacial score (nSPS) is 18.9. The fraction of sp³-hybridized carbons (Fsp3) is 0.647. The fourth-order valence-corrected chi connectivity index (χ4v) is 3.46. The van der Waals surface area contributed by atoms with Gasteiger partial charge in [0.05, 0.1) is 11.0 Å². The number of aryl methyl sites for hydroxylation is 2. The zero-order valence-corrected chi connectivity index (χ0v) is 13.1. The van der Waals surface area contributed by atoms with Crippen LogP contribution in [0.15, 0.2) is 18.2 Å². The van der Waals surface area contributed by atoms with E-state index in [4.69, 9.17) is 16.3 Å². The van der Waals surface area contributed by atoms with Crippen molar-refractivity contribution < 1.29 is 4.74 Å². The number of ether oxygens (including phenoxy) is 1. The summed E-state index contributed by atoms with van der Waals surface area (Å²) in [4.78, 5) is 0. The minimum atomic E-state index is 0.0413. The predicted octanol–water partition coefficient (Wildman–Crippen LogP) is 5.05. The summed E-state index contributed by atoms with van der Waals surface area (Å²) < 4.78 is 5.71. The lowest BCUT2D eigenvalue weighted by Crippen LogP contribution is -2.40. The average Bonchev–Trinajstić information content (AvgIpc) is 2.41. The summed E-state index contributed by atoms with van der Waals surface area (Å²) in [6.45, 7) is 4.39. The average molecular weight is 281 g/mol. The molecule has 1 nitrogen and oxygen atoms in total. The van der Waals surface area contributed by atoms with Gasteiger partial charge >= 0.3 is 0 Å². The Kier molecular flexibility index (Phi) is 4.92. The van der Waals surface area contributed by atoms with Crippen molar-refractivity contribution >= 4 is 11.6 Å². The van der Waals surface area contributed by atoms with Gasteiger partial charge in [-0.3, -0.25) is 0 Å². The summed E-state index contributed by atoms with van der Waals surface area (Å²) in [5, 5.41) is 0.0710. The molecule has 0 N–H and O–H groups in total. The Morgan fingerprint density at radius 2 is 2.00 bits per heavy atom. The molecule has 2 heteroatoms. The standard InChI is InChI=1S/C17H25ClO/c1-4-13-7-8-14(5-2)15(11-13)16(18)12-17(19-3)9-6-10-17/h7-8,11,16H,4-6,9-10,12H2,1-3H3. The first-order valence-corrected chi connectivity index (χ1v) is 7.88. The van der Waals surface area contributed by atoms with Gasteiger partial charge in [-0.05, 0) is 55.2 Å². The fourth-order valence-electron chi connectivity index (χ4n) is 2.98. The minimum absolute atomic E-state index is 0.0413. The largest absolute Gasteiger partial charge is 0.378 e. The monoisotopic (exact) mass is 280 g/mol. The second-order valence-corrected chi connectivity index (χ2v) is 6.18. The number of rotatable bonds is 6. The molecule has 2 rings (SSSR count). The molecule has 0 aromatic heterocycles. The molecule has 1 aliphatic rings. The van der Waals surface area contributed by atoms with Crippen LogP contribution in [0, 0.1) is 0 Å². The number of alkyl halides is 1. The molecule has 1 atom stereocenters. The smallest absolute Gasteiger partial charge is 0.0696 e. The molecule has 0 amide bonds. The zero-order valence-electron chi connectivity index (χ0n) is 12.3. The Balaban J connectivity index is 2.19. The lowest BCUT2D eigenvalue weighted by molar-refractivity contribution is -0.0780. The molecule has 0 spiro atoms. The van der Waals surface area contributed by atoms with E-state index < -0.39 is 0 Å². The van der Waals surface area contributed by atoms with E-state index in [-0.39, 0.29) is 11.0 Å². The van der Waals surface area contributed by atoms with Gasteiger partial charge in [0.15, 0.2) is 0 Å². The van der Waals surface area contributed by atoms with E-state index in [0.717, 1.165) is 32.1 Å². The summed E-state index contributed by atoms with van der Waals surface area (Å²) in [6.07, 6.45) is 6.63. The molecular formula is C17H25ClO. The number of hydrogen-bond donors (Lipinski definition) is 0. The van der Waals surface area contributed by atoms with Gasteiger partial charge in [-0.25, -0.2) is 0 Å². The summed E-state index contributed by atoms with van der Waals surface area (Å²) in [6, 6.07) is 6.75. The molecule has 1 fully saturated rings. The van der Waals surface area contributed by atoms with Crippen LogP contribution in [0.5, 0.6) is 0 Å². The molecule has 0 bridgehead atoms. The van der Waals surface area contributed by atoms with Crippen molar-refractivity contribution in [2.45, 2.75) is 63.4 Å². The Hall–Kier alpha value is -0.530. The first-order valence-electron chi connectivity index (χ1n) is 7.45. The molecule has 1 aliphatic carbocycles. The SMILES string of the molecule is CCc1ccc(CC)c(C(Cl)CC2(OC)CCC2)c1. The quantitative estimate of drug-likeness (QED) is 0.663. The second kappa shape index (κ2) is 6.28. The molecule has 0 saturated heterocycles. The topological polar surface area (TPSA) is 9.23 Å². The highest BCUT2D eigenvalue weighted by atomic mass is 35.5. The van der Waals surface area contributed by atoms with Crippen molar-refractivity contribution in [3.63, 3.8) is 0 Å². The molecule has 0 radical (unpaired) electrons. The van der Waals surface area contributed by atoms with Gasteiger partial charge in [-0.2, -0.15) is 0 Å². The maximum atomic E-state index is 6.71. The van der Waals surface area contributed by atoms with Gasteiger partial charge in [0.2, 0.25) is 0 Å². The van der Waals surface area contributed by atoms with Crippen LogP contribution < -0.4 is 0 Å². The van der Waals surface area contributed by atoms with E-state index in [9.17, 15) is 0 Å². The third kappa shape index (κ3) is 3.14. The van der Waals surface area contributed by atoms with Crippen LogP contribution in [0.2, 0.25) is 0 Å². The second-order valence-electron chi connectivity index (χ2n) is 5.65. The highest BCUT2D eigenvalue weighted by Crippen LogP contribution is 2.44. The summed E-state index contributed by atoms with van der Waals surface area (Å²) in [5.41, 5.74) is 4.10. The summed E-state index contributed by atoms with van der Waals surface area (Å²) in [7, 11) is 1.83. The van der Waals surface area contributed by atoms with E-state index in [1.54, 1.807) is 0 Å². The van der Waals surface area contributed by atoms with Crippen molar-refractivity contribution in [1.82, 2.24) is 0 Å². The van der Waals surface area contributed by atoms with Gasteiger partial charge in [0.25, 0.3) is 0 Å². The Morgan fingerprint density at radius 3 is 2.47 bits per heavy atom. The summed E-state index contributed by atoms with van der Waals surface area (Å²) in [5.74, 6) is 0. The van der Waals surface area contributed by atoms with Crippen molar-refractivity contribution in [2.24, 2.45) is 0 Å². The minimum Gasteiger partial charge on any atom is -0.378 e. The Labute approximate surface area is 122 Å². The van der Waals surface area contributed by atoms with Crippen LogP contribution in [0.3, 0.4) is 0 Å². The van der Waals surface area contributed by atoms with Crippen molar-refractivity contribution in [3.8, 4) is 0 Å². The molecule has 19 heavy (non-hydrogen) atoms. The van der Waals surface area contributed by atoms with Gasteiger partial charge < -0.3 is 4.74 Å².